The zero-order valence-corrected chi connectivity index (χ0v) is 12.0. The van der Waals surface area contributed by atoms with Crippen molar-refractivity contribution < 1.29 is 14.7 Å². The van der Waals surface area contributed by atoms with E-state index >= 15 is 0 Å². The quantitative estimate of drug-likeness (QED) is 0.908. The summed E-state index contributed by atoms with van der Waals surface area (Å²) < 4.78 is 0. The molecule has 1 amide bonds. The van der Waals surface area contributed by atoms with E-state index in [0.29, 0.717) is 10.6 Å². The highest BCUT2D eigenvalue weighted by molar-refractivity contribution is 7.17. The first-order valence-electron chi connectivity index (χ1n) is 5.52. The number of rotatable bonds is 4. The van der Waals surface area contributed by atoms with Crippen LogP contribution in [0.3, 0.4) is 0 Å². The molecule has 19 heavy (non-hydrogen) atoms. The number of aromatic nitrogens is 1. The fourth-order valence-corrected chi connectivity index (χ4v) is 3.12. The van der Waals surface area contributed by atoms with Gasteiger partial charge < -0.3 is 10.4 Å². The second-order valence-corrected chi connectivity index (χ2v) is 5.76. The van der Waals surface area contributed by atoms with Gasteiger partial charge in [-0.25, -0.2) is 4.98 Å². The summed E-state index contributed by atoms with van der Waals surface area (Å²) >= 11 is 2.83. The maximum Gasteiger partial charge on any atom is 0.325 e. The summed E-state index contributed by atoms with van der Waals surface area (Å²) in [7, 11) is 0. The zero-order chi connectivity index (χ0) is 14.0. The van der Waals surface area contributed by atoms with Crippen molar-refractivity contribution >= 4 is 34.6 Å². The van der Waals surface area contributed by atoms with Crippen molar-refractivity contribution in [2.24, 2.45) is 0 Å². The highest BCUT2D eigenvalue weighted by Crippen LogP contribution is 2.29. The summed E-state index contributed by atoms with van der Waals surface area (Å²) in [6.07, 6.45) is 0. The number of carboxylic acids is 1. The second kappa shape index (κ2) is 5.50. The number of thiophene rings is 1. The van der Waals surface area contributed by atoms with Crippen molar-refractivity contribution in [3.63, 3.8) is 0 Å². The summed E-state index contributed by atoms with van der Waals surface area (Å²) in [6.45, 7) is 3.17. The largest absolute Gasteiger partial charge is 0.480 e. The number of aliphatic carboxylic acids is 1. The molecule has 0 unspecified atom stereocenters. The molecule has 0 aliphatic carbocycles. The van der Waals surface area contributed by atoms with E-state index in [4.69, 9.17) is 5.11 Å². The Balaban J connectivity index is 2.21. The summed E-state index contributed by atoms with van der Waals surface area (Å²) in [5.74, 6) is -1.46. The lowest BCUT2D eigenvalue weighted by atomic mass is 10.3. The van der Waals surface area contributed by atoms with Crippen molar-refractivity contribution in [3.8, 4) is 10.6 Å². The molecule has 2 rings (SSSR count). The van der Waals surface area contributed by atoms with Crippen LogP contribution in [0.25, 0.3) is 10.6 Å². The number of amides is 1. The molecule has 100 valence electrons. The molecule has 0 saturated heterocycles. The third kappa shape index (κ3) is 2.99. The van der Waals surface area contributed by atoms with Crippen LogP contribution in [0.4, 0.5) is 0 Å². The summed E-state index contributed by atoms with van der Waals surface area (Å²) in [4.78, 5) is 27.5. The number of carbonyl (C=O) groups excluding carboxylic acids is 1. The van der Waals surface area contributed by atoms with E-state index in [2.05, 4.69) is 10.3 Å². The minimum atomic E-state index is -1.06. The fourth-order valence-electron chi connectivity index (χ4n) is 1.44. The Kier molecular flexibility index (Phi) is 3.96. The standard InChI is InChI=1S/C12H12N2O3S2/c1-6-9(10(15)13-7(2)12(16)17)19-11(14-6)8-3-4-18-5-8/h3-5,7H,1-2H3,(H,13,15)(H,16,17)/t7-/m0/s1. The summed E-state index contributed by atoms with van der Waals surface area (Å²) in [6, 6.07) is 1.02. The lowest BCUT2D eigenvalue weighted by molar-refractivity contribution is -0.138. The van der Waals surface area contributed by atoms with Crippen LogP contribution >= 0.6 is 22.7 Å². The van der Waals surface area contributed by atoms with Crippen LogP contribution in [-0.2, 0) is 4.79 Å². The predicted molar refractivity (Wildman–Crippen MR) is 74.7 cm³/mol. The van der Waals surface area contributed by atoms with E-state index in [1.165, 1.54) is 18.3 Å². The molecule has 7 heteroatoms. The number of carbonyl (C=O) groups is 2. The fraction of sp³-hybridized carbons (Fsp3) is 0.250. The van der Waals surface area contributed by atoms with Gasteiger partial charge >= 0.3 is 5.97 Å². The Hall–Kier alpha value is -1.73. The van der Waals surface area contributed by atoms with Crippen LogP contribution < -0.4 is 5.32 Å². The first-order chi connectivity index (χ1) is 8.99. The Morgan fingerprint density at radius 1 is 1.47 bits per heavy atom. The zero-order valence-electron chi connectivity index (χ0n) is 10.3. The predicted octanol–water partition coefficient (Wildman–Crippen LogP) is 2.38. The third-order valence-electron chi connectivity index (χ3n) is 2.49. The van der Waals surface area contributed by atoms with E-state index in [1.54, 1.807) is 18.3 Å². The molecule has 0 aliphatic rings. The molecule has 0 bridgehead atoms. The topological polar surface area (TPSA) is 79.3 Å². The van der Waals surface area contributed by atoms with E-state index in [-0.39, 0.29) is 0 Å². The molecule has 0 radical (unpaired) electrons. The highest BCUT2D eigenvalue weighted by atomic mass is 32.1. The van der Waals surface area contributed by atoms with Crippen molar-refractivity contribution in [1.29, 1.82) is 0 Å². The van der Waals surface area contributed by atoms with Crippen molar-refractivity contribution in [1.82, 2.24) is 10.3 Å². The van der Waals surface area contributed by atoms with Gasteiger partial charge in [0.2, 0.25) is 0 Å². The van der Waals surface area contributed by atoms with E-state index < -0.39 is 17.9 Å². The van der Waals surface area contributed by atoms with Gasteiger partial charge in [0.05, 0.1) is 5.69 Å². The summed E-state index contributed by atoms with van der Waals surface area (Å²) in [5, 5.41) is 15.9. The molecule has 0 spiro atoms. The average Bonchev–Trinajstić information content (AvgIpc) is 2.96. The monoisotopic (exact) mass is 296 g/mol. The molecule has 2 heterocycles. The van der Waals surface area contributed by atoms with Crippen LogP contribution in [0.1, 0.15) is 22.3 Å². The van der Waals surface area contributed by atoms with Gasteiger partial charge in [0.25, 0.3) is 5.91 Å². The Labute approximate surface area is 117 Å². The van der Waals surface area contributed by atoms with Crippen LogP contribution in [0.5, 0.6) is 0 Å². The van der Waals surface area contributed by atoms with E-state index in [1.807, 2.05) is 16.8 Å². The molecule has 2 aromatic heterocycles. The van der Waals surface area contributed by atoms with E-state index in [9.17, 15) is 9.59 Å². The number of carboxylic acid groups (broad SMARTS) is 1. The SMILES string of the molecule is Cc1nc(-c2ccsc2)sc1C(=O)N[C@@H](C)C(=O)O. The average molecular weight is 296 g/mol. The Morgan fingerprint density at radius 2 is 2.21 bits per heavy atom. The van der Waals surface area contributed by atoms with Crippen molar-refractivity contribution in [2.45, 2.75) is 19.9 Å². The molecule has 2 aromatic rings. The van der Waals surface area contributed by atoms with Gasteiger partial charge in [-0.1, -0.05) is 0 Å². The minimum Gasteiger partial charge on any atom is -0.480 e. The van der Waals surface area contributed by atoms with E-state index in [0.717, 1.165) is 10.6 Å². The number of thiazole rings is 1. The smallest absolute Gasteiger partial charge is 0.325 e. The first-order valence-corrected chi connectivity index (χ1v) is 7.28. The van der Waals surface area contributed by atoms with Crippen LogP contribution in [0.15, 0.2) is 16.8 Å². The second-order valence-electron chi connectivity index (χ2n) is 3.98. The van der Waals surface area contributed by atoms with Gasteiger partial charge in [0, 0.05) is 10.9 Å². The third-order valence-corrected chi connectivity index (χ3v) is 4.38. The van der Waals surface area contributed by atoms with Gasteiger partial charge in [0.1, 0.15) is 15.9 Å². The maximum absolute atomic E-state index is 12.0. The van der Waals surface area contributed by atoms with Gasteiger partial charge in [-0.3, -0.25) is 9.59 Å². The molecule has 5 nitrogen and oxygen atoms in total. The van der Waals surface area contributed by atoms with Gasteiger partial charge in [-0.15, -0.1) is 11.3 Å². The molecule has 0 aliphatic heterocycles. The molecule has 0 fully saturated rings. The van der Waals surface area contributed by atoms with Gasteiger partial charge in [-0.2, -0.15) is 11.3 Å². The lowest BCUT2D eigenvalue weighted by Crippen LogP contribution is -2.38. The number of hydrogen-bond donors (Lipinski definition) is 2. The van der Waals surface area contributed by atoms with Crippen molar-refractivity contribution in [3.05, 3.63) is 27.4 Å². The number of nitrogens with zero attached hydrogens (tertiary/aromatic N) is 1. The van der Waals surface area contributed by atoms with Gasteiger partial charge in [-0.05, 0) is 25.3 Å². The summed E-state index contributed by atoms with van der Waals surface area (Å²) in [5.41, 5.74) is 1.59. The molecular weight excluding hydrogens is 284 g/mol. The van der Waals surface area contributed by atoms with Crippen LogP contribution in [0, 0.1) is 6.92 Å². The molecular formula is C12H12N2O3S2. The Morgan fingerprint density at radius 3 is 2.79 bits per heavy atom. The maximum atomic E-state index is 12.0. The molecule has 0 saturated carbocycles. The lowest BCUT2D eigenvalue weighted by Gasteiger charge is -2.07. The number of nitrogens with one attached hydrogen (secondary N) is 1. The normalized spacial score (nSPS) is 12.1. The highest BCUT2D eigenvalue weighted by Gasteiger charge is 2.20. The number of hydrogen-bond acceptors (Lipinski definition) is 5. The molecule has 2 N–H and O–H groups in total. The van der Waals surface area contributed by atoms with Crippen LogP contribution in [-0.4, -0.2) is 28.0 Å². The molecule has 1 atom stereocenters. The van der Waals surface area contributed by atoms with Crippen molar-refractivity contribution in [2.75, 3.05) is 0 Å². The van der Waals surface area contributed by atoms with Crippen LogP contribution in [0.2, 0.25) is 0 Å². The van der Waals surface area contributed by atoms with Gasteiger partial charge in [0.15, 0.2) is 0 Å². The Bertz CT molecular complexity index is 605. The molecule has 0 aromatic carbocycles. The first kappa shape index (κ1) is 13.7. The number of aryl methyl sites for hydroxylation is 1. The minimum absolute atomic E-state index is 0.397.